The fourth-order valence-electron chi connectivity index (χ4n) is 3.04. The van der Waals surface area contributed by atoms with Crippen molar-refractivity contribution in [2.75, 3.05) is 26.2 Å². The lowest BCUT2D eigenvalue weighted by atomic mass is 10.1. The van der Waals surface area contributed by atoms with Crippen molar-refractivity contribution in [3.05, 3.63) is 70.7 Å². The summed E-state index contributed by atoms with van der Waals surface area (Å²) in [7, 11) is 0. The first kappa shape index (κ1) is 16.0. The second-order valence-electron chi connectivity index (χ2n) is 6.06. The van der Waals surface area contributed by atoms with Crippen molar-refractivity contribution in [2.45, 2.75) is 13.0 Å². The molecule has 2 aromatic rings. The molecule has 120 valence electrons. The van der Waals surface area contributed by atoms with Crippen LogP contribution in [0.15, 0.2) is 54.6 Å². The van der Waals surface area contributed by atoms with Crippen LogP contribution in [0.1, 0.15) is 11.1 Å². The van der Waals surface area contributed by atoms with Crippen LogP contribution in [-0.2, 0) is 17.8 Å². The highest BCUT2D eigenvalue weighted by Crippen LogP contribution is 2.13. The number of benzene rings is 2. The average Bonchev–Trinajstić information content (AvgIpc) is 2.58. The first-order valence-corrected chi connectivity index (χ1v) is 8.49. The number of amides is 1. The number of hydrogen-bond acceptors (Lipinski definition) is 1. The Bertz CT molecular complexity index is 651. The summed E-state index contributed by atoms with van der Waals surface area (Å²) < 4.78 is 0. The molecule has 0 radical (unpaired) electrons. The quantitative estimate of drug-likeness (QED) is 0.909. The number of quaternary nitrogens is 1. The molecular weight excluding hydrogens is 308 g/mol. The molecule has 4 heteroatoms. The van der Waals surface area contributed by atoms with E-state index in [9.17, 15) is 4.79 Å². The van der Waals surface area contributed by atoms with Crippen molar-refractivity contribution in [1.82, 2.24) is 4.90 Å². The lowest BCUT2D eigenvalue weighted by Gasteiger charge is -2.32. The summed E-state index contributed by atoms with van der Waals surface area (Å²) in [6.45, 7) is 4.54. The van der Waals surface area contributed by atoms with Crippen LogP contribution in [0, 0.1) is 0 Å². The predicted octanol–water partition coefficient (Wildman–Crippen LogP) is 1.81. The molecule has 1 aliphatic heterocycles. The van der Waals surface area contributed by atoms with Crippen LogP contribution in [0.25, 0.3) is 0 Å². The van der Waals surface area contributed by atoms with Gasteiger partial charge in [-0.05, 0) is 11.6 Å². The van der Waals surface area contributed by atoms with E-state index in [0.29, 0.717) is 6.42 Å². The second kappa shape index (κ2) is 7.62. The van der Waals surface area contributed by atoms with E-state index in [1.54, 1.807) is 0 Å². The van der Waals surface area contributed by atoms with Crippen molar-refractivity contribution in [3.8, 4) is 0 Å². The van der Waals surface area contributed by atoms with Crippen LogP contribution in [0.3, 0.4) is 0 Å². The topological polar surface area (TPSA) is 24.8 Å². The minimum atomic E-state index is 0.230. The summed E-state index contributed by atoms with van der Waals surface area (Å²) in [6.07, 6.45) is 0.501. The van der Waals surface area contributed by atoms with Gasteiger partial charge in [0.05, 0.1) is 32.6 Å². The van der Waals surface area contributed by atoms with Gasteiger partial charge in [-0.1, -0.05) is 60.1 Å². The molecule has 0 atom stereocenters. The van der Waals surface area contributed by atoms with E-state index >= 15 is 0 Å². The zero-order valence-corrected chi connectivity index (χ0v) is 13.9. The maximum Gasteiger partial charge on any atom is 0.227 e. The van der Waals surface area contributed by atoms with E-state index in [-0.39, 0.29) is 5.91 Å². The highest BCUT2D eigenvalue weighted by Gasteiger charge is 2.24. The normalized spacial score (nSPS) is 15.6. The minimum absolute atomic E-state index is 0.230. The van der Waals surface area contributed by atoms with E-state index < -0.39 is 0 Å². The average molecular weight is 330 g/mol. The molecule has 0 saturated carbocycles. The van der Waals surface area contributed by atoms with Crippen molar-refractivity contribution < 1.29 is 9.69 Å². The maximum atomic E-state index is 12.4. The third-order valence-corrected chi connectivity index (χ3v) is 4.79. The fraction of sp³-hybridized carbons (Fsp3) is 0.316. The molecule has 0 spiro atoms. The Labute approximate surface area is 142 Å². The molecule has 3 rings (SSSR count). The van der Waals surface area contributed by atoms with E-state index in [0.717, 1.165) is 43.3 Å². The molecular formula is C19H22ClN2O+. The van der Waals surface area contributed by atoms with Crippen LogP contribution in [0.2, 0.25) is 5.02 Å². The van der Waals surface area contributed by atoms with Crippen LogP contribution in [-0.4, -0.2) is 37.0 Å². The SMILES string of the molecule is O=C(Cc1ccccc1)N1CC[NH+](Cc2ccccc2Cl)CC1. The molecule has 1 heterocycles. The summed E-state index contributed by atoms with van der Waals surface area (Å²) in [5, 5.41) is 0.836. The number of nitrogens with one attached hydrogen (secondary N) is 1. The van der Waals surface area contributed by atoms with Gasteiger partial charge in [-0.15, -0.1) is 0 Å². The van der Waals surface area contributed by atoms with Crippen LogP contribution < -0.4 is 4.90 Å². The fourth-order valence-corrected chi connectivity index (χ4v) is 3.25. The third-order valence-electron chi connectivity index (χ3n) is 4.42. The standard InChI is InChI=1S/C19H21ClN2O/c20-18-9-5-4-8-17(18)15-21-10-12-22(13-11-21)19(23)14-16-6-2-1-3-7-16/h1-9H,10-15H2/p+1. The summed E-state index contributed by atoms with van der Waals surface area (Å²) in [5.74, 6) is 0.230. The van der Waals surface area contributed by atoms with Crippen LogP contribution >= 0.6 is 11.6 Å². The largest absolute Gasteiger partial charge is 0.331 e. The molecule has 1 saturated heterocycles. The van der Waals surface area contributed by atoms with Gasteiger partial charge in [-0.3, -0.25) is 4.79 Å². The van der Waals surface area contributed by atoms with Gasteiger partial charge < -0.3 is 9.80 Å². The lowest BCUT2D eigenvalue weighted by molar-refractivity contribution is -0.917. The Morgan fingerprint density at radius 1 is 1.00 bits per heavy atom. The highest BCUT2D eigenvalue weighted by atomic mass is 35.5. The van der Waals surface area contributed by atoms with Gasteiger partial charge in [-0.2, -0.15) is 0 Å². The van der Waals surface area contributed by atoms with Crippen LogP contribution in [0.5, 0.6) is 0 Å². The van der Waals surface area contributed by atoms with E-state index in [1.165, 1.54) is 10.5 Å². The maximum absolute atomic E-state index is 12.4. The summed E-state index contributed by atoms with van der Waals surface area (Å²) in [6, 6.07) is 18.0. The molecule has 0 aromatic heterocycles. The summed E-state index contributed by atoms with van der Waals surface area (Å²) in [5.41, 5.74) is 2.27. The Morgan fingerprint density at radius 2 is 1.65 bits per heavy atom. The number of rotatable bonds is 4. The van der Waals surface area contributed by atoms with E-state index in [1.807, 2.05) is 53.4 Å². The molecule has 2 aromatic carbocycles. The van der Waals surface area contributed by atoms with Crippen molar-refractivity contribution in [3.63, 3.8) is 0 Å². The molecule has 1 fully saturated rings. The number of piperazine rings is 1. The van der Waals surface area contributed by atoms with Gasteiger partial charge in [0, 0.05) is 10.6 Å². The van der Waals surface area contributed by atoms with Gasteiger partial charge >= 0.3 is 0 Å². The van der Waals surface area contributed by atoms with Gasteiger partial charge in [0.15, 0.2) is 0 Å². The number of nitrogens with zero attached hydrogens (tertiary/aromatic N) is 1. The Morgan fingerprint density at radius 3 is 2.35 bits per heavy atom. The van der Waals surface area contributed by atoms with E-state index in [2.05, 4.69) is 6.07 Å². The van der Waals surface area contributed by atoms with Crippen molar-refractivity contribution >= 4 is 17.5 Å². The molecule has 1 N–H and O–H groups in total. The molecule has 23 heavy (non-hydrogen) atoms. The van der Waals surface area contributed by atoms with E-state index in [4.69, 9.17) is 11.6 Å². The highest BCUT2D eigenvalue weighted by molar-refractivity contribution is 6.31. The number of hydrogen-bond donors (Lipinski definition) is 1. The van der Waals surface area contributed by atoms with Gasteiger partial charge in [0.1, 0.15) is 6.54 Å². The first-order chi connectivity index (χ1) is 11.2. The van der Waals surface area contributed by atoms with Gasteiger partial charge in [0.25, 0.3) is 0 Å². The minimum Gasteiger partial charge on any atom is -0.331 e. The molecule has 3 nitrogen and oxygen atoms in total. The number of halogens is 1. The Hall–Kier alpha value is -1.84. The third kappa shape index (κ3) is 4.34. The smallest absolute Gasteiger partial charge is 0.227 e. The predicted molar refractivity (Wildman–Crippen MR) is 92.6 cm³/mol. The number of carbonyl (C=O) groups excluding carboxylic acids is 1. The zero-order chi connectivity index (χ0) is 16.1. The summed E-state index contributed by atoms with van der Waals surface area (Å²) in [4.78, 5) is 15.9. The molecule has 1 aliphatic rings. The second-order valence-corrected chi connectivity index (χ2v) is 6.47. The zero-order valence-electron chi connectivity index (χ0n) is 13.2. The Kier molecular flexibility index (Phi) is 5.31. The van der Waals surface area contributed by atoms with Crippen LogP contribution in [0.4, 0.5) is 0 Å². The number of carbonyl (C=O) groups is 1. The monoisotopic (exact) mass is 329 g/mol. The molecule has 0 aliphatic carbocycles. The van der Waals surface area contributed by atoms with Crippen molar-refractivity contribution in [1.29, 1.82) is 0 Å². The Balaban J connectivity index is 1.50. The molecule has 0 bridgehead atoms. The molecule has 1 amide bonds. The van der Waals surface area contributed by atoms with Gasteiger partial charge in [0.2, 0.25) is 5.91 Å². The summed E-state index contributed by atoms with van der Waals surface area (Å²) >= 11 is 6.24. The first-order valence-electron chi connectivity index (χ1n) is 8.11. The lowest BCUT2D eigenvalue weighted by Crippen LogP contribution is -3.13. The van der Waals surface area contributed by atoms with Gasteiger partial charge in [-0.25, -0.2) is 0 Å². The van der Waals surface area contributed by atoms with Crippen molar-refractivity contribution in [2.24, 2.45) is 0 Å². The molecule has 0 unspecified atom stereocenters.